The van der Waals surface area contributed by atoms with Crippen molar-refractivity contribution in [1.82, 2.24) is 14.5 Å². The van der Waals surface area contributed by atoms with Crippen molar-refractivity contribution < 1.29 is 27.5 Å². The van der Waals surface area contributed by atoms with E-state index >= 15 is 0 Å². The molecule has 0 bridgehead atoms. The Morgan fingerprint density at radius 1 is 0.927 bits per heavy atom. The number of aryl methyl sites for hydroxylation is 1. The van der Waals surface area contributed by atoms with E-state index in [1.807, 2.05) is 60.7 Å². The minimum Gasteiger partial charge on any atom is -0.379 e. The highest BCUT2D eigenvalue weighted by Gasteiger charge is 2.51. The van der Waals surface area contributed by atoms with E-state index < -0.39 is 40.0 Å². The molecule has 10 nitrogen and oxygen atoms in total. The molecule has 2 N–H and O–H groups in total. The van der Waals surface area contributed by atoms with Gasteiger partial charge in [-0.2, -0.15) is 4.31 Å². The topological polar surface area (TPSA) is 125 Å². The first-order valence-electron chi connectivity index (χ1n) is 13.4. The Kier molecular flexibility index (Phi) is 8.20. The van der Waals surface area contributed by atoms with Gasteiger partial charge in [-0.1, -0.05) is 66.7 Å². The monoisotopic (exact) mass is 576 g/mol. The third kappa shape index (κ3) is 6.17. The first-order chi connectivity index (χ1) is 19.7. The Morgan fingerprint density at radius 2 is 1.51 bits per heavy atom. The van der Waals surface area contributed by atoms with E-state index in [4.69, 9.17) is 4.74 Å². The van der Waals surface area contributed by atoms with Gasteiger partial charge in [-0.05, 0) is 35.7 Å². The van der Waals surface area contributed by atoms with Crippen molar-refractivity contribution >= 4 is 33.6 Å². The Balaban J connectivity index is 1.34. The van der Waals surface area contributed by atoms with Crippen molar-refractivity contribution in [2.24, 2.45) is 0 Å². The summed E-state index contributed by atoms with van der Waals surface area (Å²) >= 11 is 0. The van der Waals surface area contributed by atoms with E-state index in [-0.39, 0.29) is 36.5 Å². The van der Waals surface area contributed by atoms with E-state index in [2.05, 4.69) is 10.6 Å². The highest BCUT2D eigenvalue weighted by molar-refractivity contribution is 7.89. The van der Waals surface area contributed by atoms with Gasteiger partial charge in [0.05, 0.1) is 18.1 Å². The van der Waals surface area contributed by atoms with E-state index in [1.54, 1.807) is 19.1 Å². The van der Waals surface area contributed by atoms with Crippen LogP contribution in [0.25, 0.3) is 0 Å². The van der Waals surface area contributed by atoms with Gasteiger partial charge in [-0.25, -0.2) is 13.2 Å². The van der Waals surface area contributed by atoms with Crippen LogP contribution in [0.5, 0.6) is 0 Å². The van der Waals surface area contributed by atoms with E-state index in [0.29, 0.717) is 18.8 Å². The number of carbonyl (C=O) groups excluding carboxylic acids is 3. The third-order valence-electron chi connectivity index (χ3n) is 7.30. The van der Waals surface area contributed by atoms with Crippen LogP contribution < -0.4 is 10.6 Å². The van der Waals surface area contributed by atoms with Crippen LogP contribution in [0.3, 0.4) is 0 Å². The lowest BCUT2D eigenvalue weighted by Crippen LogP contribution is -2.51. The molecular formula is C30H32N4O6S. The normalized spacial score (nSPS) is 17.3. The fourth-order valence-electron chi connectivity index (χ4n) is 5.24. The van der Waals surface area contributed by atoms with Gasteiger partial charge in [-0.3, -0.25) is 14.5 Å². The van der Waals surface area contributed by atoms with Crippen molar-refractivity contribution in [1.29, 1.82) is 0 Å². The van der Waals surface area contributed by atoms with Crippen molar-refractivity contribution in [3.8, 4) is 0 Å². The molecule has 0 unspecified atom stereocenters. The smallest absolute Gasteiger partial charge is 0.325 e. The highest BCUT2D eigenvalue weighted by atomic mass is 32.2. The van der Waals surface area contributed by atoms with Gasteiger partial charge >= 0.3 is 6.03 Å². The molecule has 0 radical (unpaired) electrons. The number of sulfonamides is 1. The van der Waals surface area contributed by atoms with Crippen molar-refractivity contribution in [2.45, 2.75) is 30.2 Å². The molecule has 3 aromatic rings. The summed E-state index contributed by atoms with van der Waals surface area (Å²) in [7, 11) is -3.79. The second kappa shape index (κ2) is 11.8. The van der Waals surface area contributed by atoms with Gasteiger partial charge < -0.3 is 15.4 Å². The predicted octanol–water partition coefficient (Wildman–Crippen LogP) is 2.73. The molecule has 2 aliphatic heterocycles. The molecule has 3 aromatic carbocycles. The minimum atomic E-state index is -3.79. The van der Waals surface area contributed by atoms with Crippen LogP contribution in [0.1, 0.15) is 16.7 Å². The molecule has 5 rings (SSSR count). The summed E-state index contributed by atoms with van der Waals surface area (Å²) in [6, 6.07) is 22.7. The summed E-state index contributed by atoms with van der Waals surface area (Å²) in [6.07, 6.45) is 0.512. The molecular weight excluding hydrogens is 544 g/mol. The van der Waals surface area contributed by atoms with Crippen LogP contribution in [-0.2, 0) is 37.2 Å². The van der Waals surface area contributed by atoms with Crippen LogP contribution >= 0.6 is 0 Å². The van der Waals surface area contributed by atoms with E-state index in [9.17, 15) is 22.8 Å². The second-order valence-electron chi connectivity index (χ2n) is 10.3. The fraction of sp³-hybridized carbons (Fsp3) is 0.300. The lowest BCUT2D eigenvalue weighted by molar-refractivity contribution is -0.133. The van der Waals surface area contributed by atoms with Crippen LogP contribution in [0.4, 0.5) is 10.5 Å². The maximum atomic E-state index is 13.8. The lowest BCUT2D eigenvalue weighted by atomic mass is 9.84. The molecule has 2 heterocycles. The van der Waals surface area contributed by atoms with Gasteiger partial charge in [0.25, 0.3) is 5.91 Å². The molecule has 2 aliphatic rings. The maximum Gasteiger partial charge on any atom is 0.325 e. The summed E-state index contributed by atoms with van der Waals surface area (Å²) in [5.74, 6) is -1.12. The Labute approximate surface area is 239 Å². The molecule has 4 amide bonds. The molecule has 0 aliphatic carbocycles. The van der Waals surface area contributed by atoms with Crippen molar-refractivity contribution in [3.05, 3.63) is 95.6 Å². The number of nitrogens with zero attached hydrogens (tertiary/aromatic N) is 2. The largest absolute Gasteiger partial charge is 0.379 e. The Bertz CT molecular complexity index is 1500. The molecule has 0 aromatic heterocycles. The number of rotatable bonds is 9. The number of morpholine rings is 1. The third-order valence-corrected chi connectivity index (χ3v) is 9.35. The lowest BCUT2D eigenvalue weighted by Gasteiger charge is -2.27. The predicted molar refractivity (Wildman–Crippen MR) is 153 cm³/mol. The number of ether oxygens (including phenoxy) is 1. The van der Waals surface area contributed by atoms with Gasteiger partial charge in [0.15, 0.2) is 0 Å². The average Bonchev–Trinajstić information content (AvgIpc) is 3.19. The standard InChI is InChI=1S/C30H32N4O6S/c1-22-12-13-25(18-26(22)41(38,39)33-14-16-40-17-15-33)31-27(35)21-34-28(36)30(32-29(34)37,19-23-8-4-2-5-9-23)20-24-10-6-3-7-11-24/h2-13,18H,14-17,19-21H2,1H3,(H,31,35)(H,32,37). The van der Waals surface area contributed by atoms with E-state index in [0.717, 1.165) is 16.0 Å². The first-order valence-corrected chi connectivity index (χ1v) is 14.8. The maximum absolute atomic E-state index is 13.8. The van der Waals surface area contributed by atoms with Gasteiger partial charge in [0, 0.05) is 31.6 Å². The van der Waals surface area contributed by atoms with Gasteiger partial charge in [0.2, 0.25) is 15.9 Å². The summed E-state index contributed by atoms with van der Waals surface area (Å²) < 4.78 is 33.1. The summed E-state index contributed by atoms with van der Waals surface area (Å²) in [5.41, 5.74) is 1.27. The highest BCUT2D eigenvalue weighted by Crippen LogP contribution is 2.28. The average molecular weight is 577 g/mol. The molecule has 0 saturated carbocycles. The minimum absolute atomic E-state index is 0.0805. The SMILES string of the molecule is Cc1ccc(NC(=O)CN2C(=O)NC(Cc3ccccc3)(Cc3ccccc3)C2=O)cc1S(=O)(=O)N1CCOCC1. The summed E-state index contributed by atoms with van der Waals surface area (Å²) in [4.78, 5) is 41.0. The Hall–Kier alpha value is -4.06. The van der Waals surface area contributed by atoms with Gasteiger partial charge in [0.1, 0.15) is 12.1 Å². The van der Waals surface area contributed by atoms with Gasteiger partial charge in [-0.15, -0.1) is 0 Å². The zero-order valence-electron chi connectivity index (χ0n) is 22.7. The number of hydrogen-bond donors (Lipinski definition) is 2. The zero-order chi connectivity index (χ0) is 29.0. The number of benzene rings is 3. The number of hydrogen-bond acceptors (Lipinski definition) is 6. The quantitative estimate of drug-likeness (QED) is 0.378. The Morgan fingerprint density at radius 3 is 2.10 bits per heavy atom. The molecule has 41 heavy (non-hydrogen) atoms. The number of urea groups is 1. The number of carbonyl (C=O) groups is 3. The molecule has 0 atom stereocenters. The molecule has 2 fully saturated rings. The molecule has 2 saturated heterocycles. The van der Waals surface area contributed by atoms with E-state index in [1.165, 1.54) is 10.4 Å². The zero-order valence-corrected chi connectivity index (χ0v) is 23.5. The van der Waals surface area contributed by atoms with Crippen molar-refractivity contribution in [3.63, 3.8) is 0 Å². The van der Waals surface area contributed by atoms with Crippen LogP contribution in [0.15, 0.2) is 83.8 Å². The second-order valence-corrected chi connectivity index (χ2v) is 12.2. The number of imide groups is 1. The van der Waals surface area contributed by atoms with Crippen LogP contribution in [0.2, 0.25) is 0 Å². The fourth-order valence-corrected chi connectivity index (χ4v) is 6.90. The number of nitrogens with one attached hydrogen (secondary N) is 2. The number of anilines is 1. The van der Waals surface area contributed by atoms with Crippen LogP contribution in [0, 0.1) is 6.92 Å². The number of amides is 4. The van der Waals surface area contributed by atoms with Crippen molar-refractivity contribution in [2.75, 3.05) is 38.2 Å². The molecule has 11 heteroatoms. The summed E-state index contributed by atoms with van der Waals surface area (Å²) in [6.45, 7) is 2.30. The first kappa shape index (κ1) is 28.5. The molecule has 214 valence electrons. The molecule has 0 spiro atoms. The summed E-state index contributed by atoms with van der Waals surface area (Å²) in [5, 5.41) is 5.53. The van der Waals surface area contributed by atoms with Crippen LogP contribution in [-0.4, -0.2) is 73.9 Å².